The number of carbonyl (C=O) groups excluding carboxylic acids is 1. The minimum Gasteiger partial charge on any atom is -0.390 e. The Kier molecular flexibility index (Phi) is 4.53. The number of aromatic nitrogens is 2. The number of hydrogen-bond donors (Lipinski definition) is 1. The largest absolute Gasteiger partial charge is 0.390 e. The van der Waals surface area contributed by atoms with Gasteiger partial charge in [-0.1, -0.05) is 6.92 Å². The minimum absolute atomic E-state index is 0.0205. The van der Waals surface area contributed by atoms with Crippen molar-refractivity contribution in [3.05, 3.63) is 18.1 Å². The first-order chi connectivity index (χ1) is 11.0. The third-order valence-electron chi connectivity index (χ3n) is 5.26. The van der Waals surface area contributed by atoms with Gasteiger partial charge in [0, 0.05) is 32.1 Å². The van der Waals surface area contributed by atoms with E-state index in [1.165, 1.54) is 0 Å². The molecule has 1 aromatic heterocycles. The van der Waals surface area contributed by atoms with E-state index in [1.807, 2.05) is 11.8 Å². The quantitative estimate of drug-likeness (QED) is 0.918. The topological polar surface area (TPSA) is 69.6 Å². The van der Waals surface area contributed by atoms with Crippen LogP contribution in [-0.4, -0.2) is 57.7 Å². The maximum Gasteiger partial charge on any atom is 0.274 e. The zero-order valence-corrected chi connectivity index (χ0v) is 14.0. The lowest BCUT2D eigenvalue weighted by Gasteiger charge is -2.42. The van der Waals surface area contributed by atoms with E-state index in [2.05, 4.69) is 21.8 Å². The first-order valence-electron chi connectivity index (χ1n) is 8.60. The van der Waals surface area contributed by atoms with Crippen LogP contribution in [0.1, 0.15) is 50.0 Å². The van der Waals surface area contributed by atoms with E-state index >= 15 is 0 Å². The van der Waals surface area contributed by atoms with Crippen molar-refractivity contribution < 1.29 is 9.90 Å². The molecule has 126 valence electrons. The number of hydrogen-bond acceptors (Lipinski definition) is 5. The molecule has 0 bridgehead atoms. The molecule has 6 nitrogen and oxygen atoms in total. The van der Waals surface area contributed by atoms with Crippen molar-refractivity contribution in [3.8, 4) is 0 Å². The second-order valence-corrected chi connectivity index (χ2v) is 6.92. The summed E-state index contributed by atoms with van der Waals surface area (Å²) in [5.74, 6) is 0.924. The molecule has 2 saturated heterocycles. The highest BCUT2D eigenvalue weighted by molar-refractivity contribution is 5.92. The van der Waals surface area contributed by atoms with Crippen LogP contribution in [0.5, 0.6) is 0 Å². The number of aliphatic hydroxyl groups is 1. The third kappa shape index (κ3) is 3.32. The van der Waals surface area contributed by atoms with Gasteiger partial charge >= 0.3 is 0 Å². The molecule has 1 N–H and O–H groups in total. The summed E-state index contributed by atoms with van der Waals surface area (Å²) in [5.41, 5.74) is -0.198. The normalized spacial score (nSPS) is 28.2. The van der Waals surface area contributed by atoms with Gasteiger partial charge in [-0.15, -0.1) is 0 Å². The van der Waals surface area contributed by atoms with Gasteiger partial charge in [-0.05, 0) is 32.6 Å². The molecule has 2 fully saturated rings. The number of piperidine rings is 1. The predicted molar refractivity (Wildman–Crippen MR) is 88.4 cm³/mol. The number of amides is 1. The fourth-order valence-corrected chi connectivity index (χ4v) is 3.59. The van der Waals surface area contributed by atoms with Crippen molar-refractivity contribution in [1.29, 1.82) is 0 Å². The van der Waals surface area contributed by atoms with Gasteiger partial charge < -0.3 is 14.9 Å². The van der Waals surface area contributed by atoms with E-state index in [9.17, 15) is 9.90 Å². The van der Waals surface area contributed by atoms with Gasteiger partial charge in [-0.25, -0.2) is 4.98 Å². The summed E-state index contributed by atoms with van der Waals surface area (Å²) in [5, 5.41) is 10.5. The lowest BCUT2D eigenvalue weighted by Crippen LogP contribution is -2.50. The van der Waals surface area contributed by atoms with Crippen molar-refractivity contribution in [3.63, 3.8) is 0 Å². The van der Waals surface area contributed by atoms with Crippen LogP contribution < -0.4 is 4.90 Å². The molecule has 0 unspecified atom stereocenters. The standard InChI is InChI=1S/C17H26N4O2/c1-3-13-12-21(9-6-17(13,2)23)15-11-18-10-14(19-15)16(22)20-7-4-5-8-20/h10-11,13,23H,3-9,12H2,1-2H3/t13-,17+/m1/s1. The highest BCUT2D eigenvalue weighted by atomic mass is 16.3. The lowest BCUT2D eigenvalue weighted by atomic mass is 9.81. The molecule has 0 radical (unpaired) electrons. The molecule has 1 aromatic rings. The number of nitrogens with zero attached hydrogens (tertiary/aromatic N) is 4. The third-order valence-corrected chi connectivity index (χ3v) is 5.26. The molecule has 0 aromatic carbocycles. The number of anilines is 1. The van der Waals surface area contributed by atoms with Crippen LogP contribution in [-0.2, 0) is 0 Å². The molecule has 0 saturated carbocycles. The van der Waals surface area contributed by atoms with Crippen LogP contribution >= 0.6 is 0 Å². The van der Waals surface area contributed by atoms with Crippen LogP contribution in [0.25, 0.3) is 0 Å². The SMILES string of the molecule is CC[C@@H]1CN(c2cncc(C(=O)N3CCCC3)n2)CC[C@]1(C)O. The Balaban J connectivity index is 1.76. The van der Waals surface area contributed by atoms with Crippen LogP contribution in [0.3, 0.4) is 0 Å². The summed E-state index contributed by atoms with van der Waals surface area (Å²) < 4.78 is 0. The Labute approximate surface area is 137 Å². The second kappa shape index (κ2) is 6.43. The average Bonchev–Trinajstić information content (AvgIpc) is 3.08. The van der Waals surface area contributed by atoms with Gasteiger partial charge in [0.25, 0.3) is 5.91 Å². The molecular weight excluding hydrogens is 292 g/mol. The Morgan fingerprint density at radius 1 is 1.35 bits per heavy atom. The molecule has 6 heteroatoms. The van der Waals surface area contributed by atoms with Gasteiger partial charge in [-0.2, -0.15) is 0 Å². The fourth-order valence-electron chi connectivity index (χ4n) is 3.59. The maximum absolute atomic E-state index is 12.5. The van der Waals surface area contributed by atoms with Crippen molar-refractivity contribution in [2.45, 2.75) is 45.1 Å². The monoisotopic (exact) mass is 318 g/mol. The molecule has 1 amide bonds. The van der Waals surface area contributed by atoms with Crippen molar-refractivity contribution >= 4 is 11.7 Å². The Morgan fingerprint density at radius 2 is 2.09 bits per heavy atom. The molecule has 23 heavy (non-hydrogen) atoms. The van der Waals surface area contributed by atoms with Gasteiger partial charge in [-0.3, -0.25) is 9.78 Å². The highest BCUT2D eigenvalue weighted by Crippen LogP contribution is 2.31. The highest BCUT2D eigenvalue weighted by Gasteiger charge is 2.37. The molecular formula is C17H26N4O2. The van der Waals surface area contributed by atoms with Crippen LogP contribution in [0.15, 0.2) is 12.4 Å². The summed E-state index contributed by atoms with van der Waals surface area (Å²) >= 11 is 0. The smallest absolute Gasteiger partial charge is 0.274 e. The summed E-state index contributed by atoms with van der Waals surface area (Å²) in [4.78, 5) is 25.2. The van der Waals surface area contributed by atoms with E-state index in [0.29, 0.717) is 12.1 Å². The molecule has 2 atom stereocenters. The molecule has 2 aliphatic heterocycles. The van der Waals surface area contributed by atoms with Gasteiger partial charge in [0.1, 0.15) is 11.5 Å². The second-order valence-electron chi connectivity index (χ2n) is 6.92. The first-order valence-corrected chi connectivity index (χ1v) is 8.60. The molecule has 2 aliphatic rings. The van der Waals surface area contributed by atoms with Crippen molar-refractivity contribution in [1.82, 2.24) is 14.9 Å². The number of rotatable bonds is 3. The van der Waals surface area contributed by atoms with Gasteiger partial charge in [0.15, 0.2) is 0 Å². The van der Waals surface area contributed by atoms with Gasteiger partial charge in [0.05, 0.1) is 18.0 Å². The summed E-state index contributed by atoms with van der Waals surface area (Å²) in [6, 6.07) is 0. The zero-order valence-electron chi connectivity index (χ0n) is 14.0. The van der Waals surface area contributed by atoms with E-state index in [1.54, 1.807) is 12.4 Å². The minimum atomic E-state index is -0.623. The molecule has 3 rings (SSSR count). The van der Waals surface area contributed by atoms with E-state index in [-0.39, 0.29) is 11.8 Å². The van der Waals surface area contributed by atoms with Crippen LogP contribution in [0.2, 0.25) is 0 Å². The first kappa shape index (κ1) is 16.2. The Morgan fingerprint density at radius 3 is 2.78 bits per heavy atom. The van der Waals surface area contributed by atoms with E-state index in [4.69, 9.17) is 0 Å². The van der Waals surface area contributed by atoms with Gasteiger partial charge in [0.2, 0.25) is 0 Å². The van der Waals surface area contributed by atoms with Crippen molar-refractivity contribution in [2.24, 2.45) is 5.92 Å². The molecule has 0 aliphatic carbocycles. The molecule has 0 spiro atoms. The summed E-state index contributed by atoms with van der Waals surface area (Å²) in [6.07, 6.45) is 7.03. The number of carbonyl (C=O) groups is 1. The average molecular weight is 318 g/mol. The Bertz CT molecular complexity index is 569. The molecule has 3 heterocycles. The summed E-state index contributed by atoms with van der Waals surface area (Å²) in [7, 11) is 0. The fraction of sp³-hybridized carbons (Fsp3) is 0.706. The predicted octanol–water partition coefficient (Wildman–Crippen LogP) is 1.70. The maximum atomic E-state index is 12.5. The van der Waals surface area contributed by atoms with Crippen molar-refractivity contribution in [2.75, 3.05) is 31.1 Å². The van der Waals surface area contributed by atoms with Crippen LogP contribution in [0, 0.1) is 5.92 Å². The summed E-state index contributed by atoms with van der Waals surface area (Å²) in [6.45, 7) is 7.13. The lowest BCUT2D eigenvalue weighted by molar-refractivity contribution is -0.0183. The van der Waals surface area contributed by atoms with E-state index in [0.717, 1.165) is 51.3 Å². The number of likely N-dealkylation sites (tertiary alicyclic amines) is 1. The Hall–Kier alpha value is -1.69. The van der Waals surface area contributed by atoms with Crippen LogP contribution in [0.4, 0.5) is 5.82 Å². The zero-order chi connectivity index (χ0) is 16.4. The van der Waals surface area contributed by atoms with E-state index < -0.39 is 5.60 Å².